The van der Waals surface area contributed by atoms with Crippen molar-refractivity contribution in [1.29, 1.82) is 0 Å². The highest BCUT2D eigenvalue weighted by molar-refractivity contribution is 7.99. The molecule has 0 amide bonds. The molecule has 0 saturated carbocycles. The number of thioether (sulfide) groups is 1. The fourth-order valence-corrected chi connectivity index (χ4v) is 2.95. The number of hydrogen-bond donors (Lipinski definition) is 2. The van der Waals surface area contributed by atoms with Gasteiger partial charge in [0, 0.05) is 11.8 Å². The van der Waals surface area contributed by atoms with Crippen LogP contribution >= 0.6 is 11.8 Å². The second kappa shape index (κ2) is 5.90. The Morgan fingerprint density at radius 2 is 2.29 bits per heavy atom. The smallest absolute Gasteiger partial charge is 0.322 e. The average molecular weight is 255 g/mol. The van der Waals surface area contributed by atoms with E-state index in [0.717, 1.165) is 6.54 Å². The van der Waals surface area contributed by atoms with Gasteiger partial charge in [-0.1, -0.05) is 6.42 Å². The van der Waals surface area contributed by atoms with E-state index in [0.29, 0.717) is 11.2 Å². The van der Waals surface area contributed by atoms with Gasteiger partial charge >= 0.3 is 6.01 Å². The molecule has 0 bridgehead atoms. The maximum absolute atomic E-state index is 5.56. The van der Waals surface area contributed by atoms with E-state index in [2.05, 4.69) is 20.3 Å². The number of ether oxygens (including phenoxy) is 1. The summed E-state index contributed by atoms with van der Waals surface area (Å²) in [5, 5.41) is 3.82. The summed E-state index contributed by atoms with van der Waals surface area (Å²) in [7, 11) is 1.51. The van der Waals surface area contributed by atoms with Crippen molar-refractivity contribution in [3.63, 3.8) is 0 Å². The van der Waals surface area contributed by atoms with Crippen LogP contribution in [-0.2, 0) is 0 Å². The summed E-state index contributed by atoms with van der Waals surface area (Å²) in [5.41, 5.74) is 5.56. The predicted octanol–water partition coefficient (Wildman–Crippen LogP) is 1.16. The van der Waals surface area contributed by atoms with Crippen molar-refractivity contribution in [3.05, 3.63) is 0 Å². The van der Waals surface area contributed by atoms with Crippen molar-refractivity contribution in [2.75, 3.05) is 30.5 Å². The molecule has 17 heavy (non-hydrogen) atoms. The van der Waals surface area contributed by atoms with Gasteiger partial charge in [-0.2, -0.15) is 26.7 Å². The zero-order chi connectivity index (χ0) is 12.1. The molecule has 1 aromatic rings. The average Bonchev–Trinajstić information content (AvgIpc) is 2.37. The Labute approximate surface area is 105 Å². The van der Waals surface area contributed by atoms with Gasteiger partial charge in [0.05, 0.1) is 7.11 Å². The monoisotopic (exact) mass is 255 g/mol. The second-order valence-electron chi connectivity index (χ2n) is 3.87. The van der Waals surface area contributed by atoms with Gasteiger partial charge in [-0.05, 0) is 18.6 Å². The normalized spacial score (nSPS) is 19.9. The third-order valence-corrected chi connectivity index (χ3v) is 3.97. The lowest BCUT2D eigenvalue weighted by Gasteiger charge is -2.21. The minimum atomic E-state index is 0.177. The van der Waals surface area contributed by atoms with Crippen LogP contribution in [0.5, 0.6) is 6.01 Å². The fourth-order valence-electron chi connectivity index (χ4n) is 1.72. The fraction of sp³-hybridized carbons (Fsp3) is 0.700. The molecule has 6 nitrogen and oxygen atoms in total. The Morgan fingerprint density at radius 3 is 3.00 bits per heavy atom. The Hall–Kier alpha value is -1.24. The molecular weight excluding hydrogens is 238 g/mol. The van der Waals surface area contributed by atoms with Crippen LogP contribution in [0, 0.1) is 0 Å². The van der Waals surface area contributed by atoms with Crippen molar-refractivity contribution in [3.8, 4) is 6.01 Å². The zero-order valence-electron chi connectivity index (χ0n) is 9.85. The number of nitrogen functional groups attached to an aromatic ring is 1. The van der Waals surface area contributed by atoms with Crippen molar-refractivity contribution < 1.29 is 4.74 Å². The molecule has 2 rings (SSSR count). The lowest BCUT2D eigenvalue weighted by molar-refractivity contribution is 0.379. The number of nitrogens with one attached hydrogen (secondary N) is 1. The number of aromatic nitrogens is 3. The van der Waals surface area contributed by atoms with E-state index in [1.807, 2.05) is 11.8 Å². The molecule has 7 heteroatoms. The molecule has 2 heterocycles. The van der Waals surface area contributed by atoms with E-state index < -0.39 is 0 Å². The summed E-state index contributed by atoms with van der Waals surface area (Å²) in [6.45, 7) is 0.858. The van der Waals surface area contributed by atoms with E-state index in [1.54, 1.807) is 0 Å². The van der Waals surface area contributed by atoms with Gasteiger partial charge in [-0.15, -0.1) is 0 Å². The quantitative estimate of drug-likeness (QED) is 0.834. The third-order valence-electron chi connectivity index (χ3n) is 2.58. The van der Waals surface area contributed by atoms with Crippen molar-refractivity contribution >= 4 is 23.7 Å². The molecule has 1 aliphatic rings. The summed E-state index contributed by atoms with van der Waals surface area (Å²) in [6, 6.07) is 0.247. The van der Waals surface area contributed by atoms with E-state index in [-0.39, 0.29) is 12.0 Å². The summed E-state index contributed by atoms with van der Waals surface area (Å²) in [6.07, 6.45) is 3.88. The Bertz CT molecular complexity index is 370. The number of methoxy groups -OCH3 is 1. The van der Waals surface area contributed by atoms with Crippen LogP contribution in [0.4, 0.5) is 11.9 Å². The molecule has 1 fully saturated rings. The number of nitrogens with two attached hydrogens (primary N) is 1. The number of anilines is 2. The van der Waals surface area contributed by atoms with Crippen molar-refractivity contribution in [2.24, 2.45) is 0 Å². The molecule has 0 aromatic carbocycles. The largest absolute Gasteiger partial charge is 0.467 e. The summed E-state index contributed by atoms with van der Waals surface area (Å²) < 4.78 is 4.94. The van der Waals surface area contributed by atoms with Crippen molar-refractivity contribution in [1.82, 2.24) is 15.0 Å². The maximum Gasteiger partial charge on any atom is 0.322 e. The first-order valence-electron chi connectivity index (χ1n) is 5.69. The molecule has 1 aromatic heterocycles. The summed E-state index contributed by atoms with van der Waals surface area (Å²) >= 11 is 2.00. The van der Waals surface area contributed by atoms with E-state index >= 15 is 0 Å². The van der Waals surface area contributed by atoms with Crippen LogP contribution in [0.25, 0.3) is 0 Å². The van der Waals surface area contributed by atoms with Crippen LogP contribution in [0.1, 0.15) is 19.3 Å². The third kappa shape index (κ3) is 3.62. The lowest BCUT2D eigenvalue weighted by Crippen LogP contribution is -2.21. The molecule has 1 saturated heterocycles. The van der Waals surface area contributed by atoms with E-state index in [9.17, 15) is 0 Å². The lowest BCUT2D eigenvalue weighted by atomic mass is 10.2. The first-order chi connectivity index (χ1) is 8.28. The van der Waals surface area contributed by atoms with Crippen LogP contribution in [-0.4, -0.2) is 39.6 Å². The highest BCUT2D eigenvalue weighted by Gasteiger charge is 2.14. The highest BCUT2D eigenvalue weighted by Crippen LogP contribution is 2.25. The van der Waals surface area contributed by atoms with Crippen molar-refractivity contribution in [2.45, 2.75) is 24.5 Å². The molecule has 0 radical (unpaired) electrons. The second-order valence-corrected chi connectivity index (χ2v) is 5.28. The van der Waals surface area contributed by atoms with Crippen LogP contribution in [0.3, 0.4) is 0 Å². The molecule has 3 N–H and O–H groups in total. The topological polar surface area (TPSA) is 86.0 Å². The Morgan fingerprint density at radius 1 is 1.41 bits per heavy atom. The van der Waals surface area contributed by atoms with Gasteiger partial charge in [0.15, 0.2) is 0 Å². The molecule has 94 valence electrons. The van der Waals surface area contributed by atoms with Crippen LogP contribution in [0.15, 0.2) is 0 Å². The first kappa shape index (κ1) is 12.2. The number of nitrogens with zero attached hydrogens (tertiary/aromatic N) is 3. The Balaban J connectivity index is 1.91. The van der Waals surface area contributed by atoms with Gasteiger partial charge in [0.25, 0.3) is 0 Å². The maximum atomic E-state index is 5.56. The number of hydrogen-bond acceptors (Lipinski definition) is 7. The van der Waals surface area contributed by atoms with Crippen LogP contribution < -0.4 is 15.8 Å². The summed E-state index contributed by atoms with van der Waals surface area (Å²) in [4.78, 5) is 11.9. The minimum absolute atomic E-state index is 0.177. The molecule has 1 aliphatic heterocycles. The minimum Gasteiger partial charge on any atom is -0.467 e. The van der Waals surface area contributed by atoms with E-state index in [1.165, 1.54) is 32.1 Å². The highest BCUT2D eigenvalue weighted by atomic mass is 32.2. The first-order valence-corrected chi connectivity index (χ1v) is 6.74. The van der Waals surface area contributed by atoms with Gasteiger partial charge < -0.3 is 15.8 Å². The van der Waals surface area contributed by atoms with Gasteiger partial charge in [-0.25, -0.2) is 0 Å². The van der Waals surface area contributed by atoms with Gasteiger partial charge in [0.1, 0.15) is 0 Å². The Kier molecular flexibility index (Phi) is 4.24. The summed E-state index contributed by atoms with van der Waals surface area (Å²) in [5.74, 6) is 1.91. The SMILES string of the molecule is COc1nc(N)nc(NCC2CCCCS2)n1. The van der Waals surface area contributed by atoms with Crippen LogP contribution in [0.2, 0.25) is 0 Å². The molecule has 1 atom stereocenters. The van der Waals surface area contributed by atoms with E-state index in [4.69, 9.17) is 10.5 Å². The predicted molar refractivity (Wildman–Crippen MR) is 69.4 cm³/mol. The molecular formula is C10H17N5OS. The standard InChI is InChI=1S/C10H17N5OS/c1-16-10-14-8(11)13-9(15-10)12-6-7-4-2-3-5-17-7/h7H,2-6H2,1H3,(H3,11,12,13,14,15). The molecule has 0 spiro atoms. The van der Waals surface area contributed by atoms with Gasteiger partial charge in [0.2, 0.25) is 11.9 Å². The van der Waals surface area contributed by atoms with Gasteiger partial charge in [-0.3, -0.25) is 0 Å². The number of rotatable bonds is 4. The molecule has 0 aliphatic carbocycles. The molecule has 1 unspecified atom stereocenters. The zero-order valence-corrected chi connectivity index (χ0v) is 10.7.